The molecule has 308 valence electrons. The van der Waals surface area contributed by atoms with Gasteiger partial charge in [0.2, 0.25) is 0 Å². The Balaban J connectivity index is 1.28. The van der Waals surface area contributed by atoms with Crippen LogP contribution in [0.4, 0.5) is 19.0 Å². The van der Waals surface area contributed by atoms with Crippen LogP contribution in [-0.4, -0.2) is 93.2 Å². The van der Waals surface area contributed by atoms with E-state index < -0.39 is 47.4 Å². The number of halogens is 4. The second kappa shape index (κ2) is 14.8. The third kappa shape index (κ3) is 7.05. The first-order valence-electron chi connectivity index (χ1n) is 20.0. The van der Waals surface area contributed by atoms with Gasteiger partial charge in [0.15, 0.2) is 5.82 Å². The van der Waals surface area contributed by atoms with Gasteiger partial charge in [0.25, 0.3) is 18.5 Å². The molecule has 0 unspecified atom stereocenters. The van der Waals surface area contributed by atoms with Crippen LogP contribution in [0.1, 0.15) is 73.6 Å². The first-order valence-corrected chi connectivity index (χ1v) is 24.0. The molecule has 8 rings (SSSR count). The summed E-state index contributed by atoms with van der Waals surface area (Å²) in [6.07, 6.45) is 3.76. The fraction of sp³-hybridized carbons (Fsp3) is 0.575. The molecule has 6 heterocycles. The van der Waals surface area contributed by atoms with Gasteiger partial charge in [-0.3, -0.25) is 9.88 Å². The number of fused-ring (bicyclic) bond motifs is 3. The molecule has 0 bridgehead atoms. The third-order valence-electron chi connectivity index (χ3n) is 12.9. The fourth-order valence-electron chi connectivity index (χ4n) is 10.5. The van der Waals surface area contributed by atoms with Crippen molar-refractivity contribution >= 4 is 57.6 Å². The molecule has 0 amide bonds. The summed E-state index contributed by atoms with van der Waals surface area (Å²) in [6, 6.07) is 6.34. The molecule has 4 fully saturated rings. The number of benzene rings is 2. The summed E-state index contributed by atoms with van der Waals surface area (Å²) in [4.78, 5) is 18.2. The van der Waals surface area contributed by atoms with Crippen molar-refractivity contribution in [2.24, 2.45) is 0 Å². The van der Waals surface area contributed by atoms with Gasteiger partial charge in [0.05, 0.1) is 21.5 Å². The summed E-state index contributed by atoms with van der Waals surface area (Å²) in [5.41, 5.74) is -0.506. The van der Waals surface area contributed by atoms with Crippen molar-refractivity contribution in [3.63, 3.8) is 0 Å². The van der Waals surface area contributed by atoms with Crippen LogP contribution < -0.4 is 23.5 Å². The van der Waals surface area contributed by atoms with E-state index in [1.807, 2.05) is 11.0 Å². The van der Waals surface area contributed by atoms with E-state index in [1.54, 1.807) is 12.1 Å². The molecule has 17 heteroatoms. The summed E-state index contributed by atoms with van der Waals surface area (Å²) in [6.45, 7) is 15.2. The van der Waals surface area contributed by atoms with Crippen LogP contribution in [0, 0.1) is 11.6 Å². The van der Waals surface area contributed by atoms with E-state index in [0.717, 1.165) is 19.4 Å². The molecule has 1 spiro atoms. The van der Waals surface area contributed by atoms with E-state index in [-0.39, 0.29) is 69.5 Å². The zero-order valence-corrected chi connectivity index (χ0v) is 35.8. The maximum absolute atomic E-state index is 17.5. The number of alkyl halides is 1. The third-order valence-corrected chi connectivity index (χ3v) is 20.5. The van der Waals surface area contributed by atoms with Crippen molar-refractivity contribution < 1.29 is 30.8 Å². The predicted octanol–water partition coefficient (Wildman–Crippen LogP) is 8.06. The van der Waals surface area contributed by atoms with Crippen LogP contribution in [0.5, 0.6) is 11.8 Å². The SMILES string of the molecule is CC(C)[Si](Oc1cc(-c2ncc3c(N4CCC[C@]5(CNS(=O)(=O)N5)C4)nc(OC[C@@]45CCCN4C[C@H](F)C5)nc3c2F)c2c(Cl)c(F)ccc2c1)(C(C)C)C(C)C. The highest BCUT2D eigenvalue weighted by atomic mass is 35.5. The maximum Gasteiger partial charge on any atom is 0.319 e. The van der Waals surface area contributed by atoms with Crippen LogP contribution in [-0.2, 0) is 10.2 Å². The second-order valence-corrected chi connectivity index (χ2v) is 24.7. The van der Waals surface area contributed by atoms with E-state index in [4.69, 9.17) is 25.7 Å². The molecule has 11 nitrogen and oxygen atoms in total. The lowest BCUT2D eigenvalue weighted by atomic mass is 9.90. The summed E-state index contributed by atoms with van der Waals surface area (Å²) < 4.78 is 91.2. The number of hydrogen-bond donors (Lipinski definition) is 2. The zero-order chi connectivity index (χ0) is 40.7. The Kier molecular flexibility index (Phi) is 10.5. The molecule has 4 saturated heterocycles. The van der Waals surface area contributed by atoms with Gasteiger partial charge in [-0.15, -0.1) is 0 Å². The van der Waals surface area contributed by atoms with Gasteiger partial charge in [-0.05, 0) is 72.4 Å². The van der Waals surface area contributed by atoms with Crippen molar-refractivity contribution in [3.05, 3.63) is 47.1 Å². The smallest absolute Gasteiger partial charge is 0.319 e. The number of hydrogen-bond acceptors (Lipinski definition) is 9. The van der Waals surface area contributed by atoms with Crippen LogP contribution in [0.25, 0.3) is 32.9 Å². The van der Waals surface area contributed by atoms with Crippen molar-refractivity contribution in [3.8, 4) is 23.0 Å². The number of ether oxygens (including phenoxy) is 1. The number of nitrogens with one attached hydrogen (secondary N) is 2. The van der Waals surface area contributed by atoms with Gasteiger partial charge in [-0.1, -0.05) is 59.2 Å². The Hall–Kier alpha value is -3.28. The number of pyridine rings is 1. The van der Waals surface area contributed by atoms with Crippen LogP contribution in [0.2, 0.25) is 21.6 Å². The standard InChI is InChI=1S/C40H51ClF3N7O4SSi/c1-23(2)57(24(3)4,25(5)6)55-28-15-26-9-10-31(43)33(41)32(26)29(16-28)35-34(44)36-30(18-45-35)37(50-13-7-11-39(21-50)20-46-56(52,53)49-39)48-38(47-36)54-22-40-12-8-14-51(40)19-27(42)17-40/h9-10,15-16,18,23-25,27,46,49H,7-8,11-14,17,19-22H2,1-6H3/t27-,39+,40+/m1/s1. The average Bonchev–Trinajstić information content (AvgIpc) is 3.78. The molecular weight excluding hydrogens is 795 g/mol. The predicted molar refractivity (Wildman–Crippen MR) is 220 cm³/mol. The minimum atomic E-state index is -3.68. The van der Waals surface area contributed by atoms with Crippen molar-refractivity contribution in [2.75, 3.05) is 44.2 Å². The highest BCUT2D eigenvalue weighted by molar-refractivity contribution is 7.87. The van der Waals surface area contributed by atoms with Gasteiger partial charge in [-0.2, -0.15) is 23.1 Å². The minimum Gasteiger partial charge on any atom is -0.543 e. The van der Waals surface area contributed by atoms with E-state index >= 15 is 8.78 Å². The van der Waals surface area contributed by atoms with Gasteiger partial charge in [-0.25, -0.2) is 17.9 Å². The molecule has 3 atom stereocenters. The Morgan fingerprint density at radius 3 is 2.47 bits per heavy atom. The average molecular weight is 846 g/mol. The van der Waals surface area contributed by atoms with Crippen molar-refractivity contribution in [2.45, 2.75) is 108 Å². The van der Waals surface area contributed by atoms with Crippen LogP contribution in [0.3, 0.4) is 0 Å². The molecule has 0 saturated carbocycles. The quantitative estimate of drug-likeness (QED) is 0.153. The Morgan fingerprint density at radius 2 is 1.77 bits per heavy atom. The molecule has 2 aromatic heterocycles. The topological polar surface area (TPSA) is 122 Å². The number of nitrogens with zero attached hydrogens (tertiary/aromatic N) is 5. The summed E-state index contributed by atoms with van der Waals surface area (Å²) >= 11 is 6.68. The molecule has 0 radical (unpaired) electrons. The molecule has 57 heavy (non-hydrogen) atoms. The lowest BCUT2D eigenvalue weighted by Gasteiger charge is -2.42. The second-order valence-electron chi connectivity index (χ2n) is 17.5. The Morgan fingerprint density at radius 1 is 1.04 bits per heavy atom. The Bertz CT molecular complexity index is 2320. The number of aromatic nitrogens is 3. The summed E-state index contributed by atoms with van der Waals surface area (Å²) in [7, 11) is -6.17. The molecule has 2 N–H and O–H groups in total. The van der Waals surface area contributed by atoms with Crippen molar-refractivity contribution in [1.82, 2.24) is 29.3 Å². The number of anilines is 1. The van der Waals surface area contributed by atoms with Gasteiger partial charge < -0.3 is 14.1 Å². The van der Waals surface area contributed by atoms with Gasteiger partial charge >= 0.3 is 6.01 Å². The monoisotopic (exact) mass is 845 g/mol. The van der Waals surface area contributed by atoms with Gasteiger partial charge in [0.1, 0.15) is 41.4 Å². The molecule has 2 aromatic carbocycles. The largest absolute Gasteiger partial charge is 0.543 e. The molecule has 0 aliphatic carbocycles. The lowest BCUT2D eigenvalue weighted by molar-refractivity contribution is 0.107. The number of piperidine rings is 1. The van der Waals surface area contributed by atoms with Crippen LogP contribution in [0.15, 0.2) is 30.5 Å². The lowest BCUT2D eigenvalue weighted by Crippen LogP contribution is -2.56. The van der Waals surface area contributed by atoms with Crippen LogP contribution >= 0.6 is 11.6 Å². The summed E-state index contributed by atoms with van der Waals surface area (Å²) in [5.74, 6) is -0.595. The highest BCUT2D eigenvalue weighted by Crippen LogP contribution is 2.47. The molecular formula is C40H51ClF3N7O4SSi. The normalized spacial score (nSPS) is 25.2. The summed E-state index contributed by atoms with van der Waals surface area (Å²) in [5, 5.41) is 0.973. The van der Waals surface area contributed by atoms with Gasteiger partial charge in [0, 0.05) is 49.7 Å². The minimum absolute atomic E-state index is 0.0809. The van der Waals surface area contributed by atoms with E-state index in [1.165, 1.54) is 12.3 Å². The number of rotatable bonds is 10. The van der Waals surface area contributed by atoms with Crippen molar-refractivity contribution in [1.29, 1.82) is 0 Å². The molecule has 4 aromatic rings. The maximum atomic E-state index is 17.5. The highest BCUT2D eigenvalue weighted by Gasteiger charge is 2.50. The zero-order valence-electron chi connectivity index (χ0n) is 33.3. The van der Waals surface area contributed by atoms with E-state index in [9.17, 15) is 12.8 Å². The fourth-order valence-corrected chi connectivity index (χ4v) is 17.3. The molecule has 4 aliphatic heterocycles. The first-order chi connectivity index (χ1) is 27.0. The van der Waals surface area contributed by atoms with E-state index in [2.05, 4.69) is 65.9 Å². The molecule has 4 aliphatic rings. The first kappa shape index (κ1) is 40.5. The Labute approximate surface area is 338 Å². The van der Waals surface area contributed by atoms with E-state index in [0.29, 0.717) is 54.7 Å².